The van der Waals surface area contributed by atoms with E-state index in [0.717, 1.165) is 12.8 Å². The second-order valence-electron chi connectivity index (χ2n) is 2.52. The fourth-order valence-electron chi connectivity index (χ4n) is 1.25. The largest absolute Gasteiger partial charge is 0.299 e. The molecule has 1 aliphatic rings. The van der Waals surface area contributed by atoms with Crippen molar-refractivity contribution in [2.45, 2.75) is 26.2 Å². The van der Waals surface area contributed by atoms with Crippen LogP contribution in [0, 0.1) is 5.92 Å². The van der Waals surface area contributed by atoms with E-state index in [1.165, 1.54) is 6.92 Å². The molecule has 1 atom stereocenters. The van der Waals surface area contributed by atoms with Crippen molar-refractivity contribution in [3.05, 3.63) is 0 Å². The molecular formula is C7H10O2. The number of hydrogen-bond acceptors (Lipinski definition) is 2. The van der Waals surface area contributed by atoms with E-state index in [1.807, 2.05) is 0 Å². The molecule has 1 aliphatic carbocycles. The summed E-state index contributed by atoms with van der Waals surface area (Å²) in [5.41, 5.74) is 0. The van der Waals surface area contributed by atoms with Crippen molar-refractivity contribution in [1.29, 1.82) is 0 Å². The number of carbonyl (C=O) groups is 2. The Morgan fingerprint density at radius 2 is 2.33 bits per heavy atom. The van der Waals surface area contributed by atoms with Gasteiger partial charge in [-0.25, -0.2) is 0 Å². The maximum Gasteiger partial charge on any atom is 0.143 e. The van der Waals surface area contributed by atoms with Gasteiger partial charge >= 0.3 is 0 Å². The normalized spacial score (nSPS) is 26.8. The molecule has 0 aromatic carbocycles. The fourth-order valence-corrected chi connectivity index (χ4v) is 1.25. The summed E-state index contributed by atoms with van der Waals surface area (Å²) >= 11 is 0. The van der Waals surface area contributed by atoms with E-state index in [-0.39, 0.29) is 17.5 Å². The lowest BCUT2D eigenvalue weighted by atomic mass is 10.0. The number of carbonyl (C=O) groups excluding carboxylic acids is 2. The first-order chi connectivity index (χ1) is 4.22. The van der Waals surface area contributed by atoms with Crippen molar-refractivity contribution in [2.75, 3.05) is 0 Å². The lowest BCUT2D eigenvalue weighted by molar-refractivity contribution is -0.129. The number of ketones is 2. The highest BCUT2D eigenvalue weighted by Crippen LogP contribution is 2.21. The molecule has 0 amide bonds. The molecule has 0 bridgehead atoms. The smallest absolute Gasteiger partial charge is 0.143 e. The third-order valence-corrected chi connectivity index (χ3v) is 1.80. The van der Waals surface area contributed by atoms with Crippen molar-refractivity contribution in [3.8, 4) is 0 Å². The molecule has 50 valence electrons. The summed E-state index contributed by atoms with van der Waals surface area (Å²) in [6, 6.07) is 0. The highest BCUT2D eigenvalue weighted by molar-refractivity contribution is 6.02. The van der Waals surface area contributed by atoms with Gasteiger partial charge in [-0.3, -0.25) is 9.59 Å². The van der Waals surface area contributed by atoms with E-state index >= 15 is 0 Å². The van der Waals surface area contributed by atoms with Gasteiger partial charge in [0.25, 0.3) is 0 Å². The molecule has 2 heteroatoms. The van der Waals surface area contributed by atoms with Crippen molar-refractivity contribution in [1.82, 2.24) is 0 Å². The number of rotatable bonds is 1. The van der Waals surface area contributed by atoms with Crippen molar-refractivity contribution >= 4 is 11.6 Å². The van der Waals surface area contributed by atoms with E-state index < -0.39 is 0 Å². The summed E-state index contributed by atoms with van der Waals surface area (Å²) < 4.78 is 0. The second-order valence-corrected chi connectivity index (χ2v) is 2.52. The molecule has 1 fully saturated rings. The highest BCUT2D eigenvalue weighted by atomic mass is 16.1. The molecular weight excluding hydrogens is 116 g/mol. The van der Waals surface area contributed by atoms with Gasteiger partial charge in [0.05, 0.1) is 5.92 Å². The van der Waals surface area contributed by atoms with E-state index in [1.54, 1.807) is 0 Å². The SMILES string of the molecule is CC(=O)[C@@H]1CCCC1=O. The van der Waals surface area contributed by atoms with E-state index in [4.69, 9.17) is 0 Å². The van der Waals surface area contributed by atoms with Gasteiger partial charge in [-0.05, 0) is 19.8 Å². The van der Waals surface area contributed by atoms with E-state index in [0.29, 0.717) is 6.42 Å². The molecule has 1 rings (SSSR count). The van der Waals surface area contributed by atoms with Crippen LogP contribution in [0.2, 0.25) is 0 Å². The van der Waals surface area contributed by atoms with Crippen molar-refractivity contribution in [2.24, 2.45) is 5.92 Å². The van der Waals surface area contributed by atoms with Gasteiger partial charge in [0.1, 0.15) is 11.6 Å². The third kappa shape index (κ3) is 1.18. The minimum absolute atomic E-state index is 0.0394. The molecule has 0 unspecified atom stereocenters. The summed E-state index contributed by atoms with van der Waals surface area (Å²) in [6.45, 7) is 1.49. The minimum atomic E-state index is -0.245. The number of hydrogen-bond donors (Lipinski definition) is 0. The first-order valence-corrected chi connectivity index (χ1v) is 3.25. The van der Waals surface area contributed by atoms with Crippen LogP contribution < -0.4 is 0 Å². The zero-order chi connectivity index (χ0) is 6.85. The van der Waals surface area contributed by atoms with Gasteiger partial charge in [0.2, 0.25) is 0 Å². The Morgan fingerprint density at radius 1 is 1.67 bits per heavy atom. The topological polar surface area (TPSA) is 34.1 Å². The predicted octanol–water partition coefficient (Wildman–Crippen LogP) is 0.945. The van der Waals surface area contributed by atoms with Crippen LogP contribution in [0.25, 0.3) is 0 Å². The van der Waals surface area contributed by atoms with Crippen LogP contribution in [0.4, 0.5) is 0 Å². The lowest BCUT2D eigenvalue weighted by Gasteiger charge is -1.98. The molecule has 0 radical (unpaired) electrons. The molecule has 2 nitrogen and oxygen atoms in total. The maximum absolute atomic E-state index is 10.8. The molecule has 0 heterocycles. The van der Waals surface area contributed by atoms with E-state index in [2.05, 4.69) is 0 Å². The van der Waals surface area contributed by atoms with Crippen LogP contribution >= 0.6 is 0 Å². The Bertz CT molecular complexity index is 149. The monoisotopic (exact) mass is 126 g/mol. The Labute approximate surface area is 54.2 Å². The van der Waals surface area contributed by atoms with Crippen LogP contribution in [-0.4, -0.2) is 11.6 Å². The quantitative estimate of drug-likeness (QED) is 0.490. The minimum Gasteiger partial charge on any atom is -0.299 e. The van der Waals surface area contributed by atoms with E-state index in [9.17, 15) is 9.59 Å². The number of Topliss-reactive ketones (excluding diaryl/α,β-unsaturated/α-hetero) is 2. The Hall–Kier alpha value is -0.660. The Morgan fingerprint density at radius 3 is 2.56 bits per heavy atom. The molecule has 0 aliphatic heterocycles. The second kappa shape index (κ2) is 2.29. The fraction of sp³-hybridized carbons (Fsp3) is 0.714. The van der Waals surface area contributed by atoms with Crippen molar-refractivity contribution in [3.63, 3.8) is 0 Å². The van der Waals surface area contributed by atoms with Crippen LogP contribution in [0.15, 0.2) is 0 Å². The first-order valence-electron chi connectivity index (χ1n) is 3.25. The van der Waals surface area contributed by atoms with Gasteiger partial charge in [-0.1, -0.05) is 0 Å². The Kier molecular flexibility index (Phi) is 1.65. The summed E-state index contributed by atoms with van der Waals surface area (Å²) in [5, 5.41) is 0. The molecule has 9 heavy (non-hydrogen) atoms. The van der Waals surface area contributed by atoms with Gasteiger partial charge in [0, 0.05) is 6.42 Å². The molecule has 1 saturated carbocycles. The summed E-state index contributed by atoms with van der Waals surface area (Å²) in [6.07, 6.45) is 2.31. The maximum atomic E-state index is 10.8. The van der Waals surface area contributed by atoms with Gasteiger partial charge in [0.15, 0.2) is 0 Å². The van der Waals surface area contributed by atoms with Crippen LogP contribution in [0.3, 0.4) is 0 Å². The standard InChI is InChI=1S/C7H10O2/c1-5(8)6-3-2-4-7(6)9/h6H,2-4H2,1H3/t6-/m0/s1. The van der Waals surface area contributed by atoms with Crippen LogP contribution in [0.1, 0.15) is 26.2 Å². The predicted molar refractivity (Wildman–Crippen MR) is 33.0 cm³/mol. The van der Waals surface area contributed by atoms with Gasteiger partial charge in [-0.15, -0.1) is 0 Å². The van der Waals surface area contributed by atoms with Crippen LogP contribution in [-0.2, 0) is 9.59 Å². The highest BCUT2D eigenvalue weighted by Gasteiger charge is 2.27. The zero-order valence-corrected chi connectivity index (χ0v) is 5.52. The first kappa shape index (κ1) is 6.46. The summed E-state index contributed by atoms with van der Waals surface area (Å²) in [5.74, 6) is -0.0648. The van der Waals surface area contributed by atoms with Crippen molar-refractivity contribution < 1.29 is 9.59 Å². The summed E-state index contributed by atoms with van der Waals surface area (Å²) in [4.78, 5) is 21.4. The molecule has 0 saturated heterocycles. The van der Waals surface area contributed by atoms with Crippen LogP contribution in [0.5, 0.6) is 0 Å². The average molecular weight is 126 g/mol. The lowest BCUT2D eigenvalue weighted by Crippen LogP contribution is -2.14. The van der Waals surface area contributed by atoms with Gasteiger partial charge < -0.3 is 0 Å². The molecule has 0 spiro atoms. The molecule has 0 aromatic heterocycles. The zero-order valence-electron chi connectivity index (χ0n) is 5.52. The molecule has 0 aromatic rings. The third-order valence-electron chi connectivity index (χ3n) is 1.80. The molecule has 0 N–H and O–H groups in total. The average Bonchev–Trinajstić information content (AvgIpc) is 2.13. The summed E-state index contributed by atoms with van der Waals surface area (Å²) in [7, 11) is 0. The van der Waals surface area contributed by atoms with Gasteiger partial charge in [-0.2, -0.15) is 0 Å². The Balaban J connectivity index is 2.60.